The van der Waals surface area contributed by atoms with Crippen LogP contribution in [0.4, 0.5) is 4.79 Å². The van der Waals surface area contributed by atoms with Gasteiger partial charge in [0, 0.05) is 27.1 Å². The van der Waals surface area contributed by atoms with Crippen molar-refractivity contribution < 1.29 is 29.3 Å². The normalized spacial score (nSPS) is 12.4. The lowest BCUT2D eigenvalue weighted by atomic mass is 9.78. The number of ether oxygens (including phenoxy) is 1. The van der Waals surface area contributed by atoms with Crippen LogP contribution in [-0.4, -0.2) is 28.2 Å². The van der Waals surface area contributed by atoms with Crippen molar-refractivity contribution in [1.29, 1.82) is 0 Å². The van der Waals surface area contributed by atoms with Gasteiger partial charge in [0.1, 0.15) is 11.9 Å². The minimum Gasteiger partial charge on any atom is -0.508 e. The lowest BCUT2D eigenvalue weighted by molar-refractivity contribution is -0.131. The molecule has 3 N–H and O–H groups in total. The first-order valence-electron chi connectivity index (χ1n) is 9.55. The molecule has 31 heavy (non-hydrogen) atoms. The van der Waals surface area contributed by atoms with Crippen molar-refractivity contribution in [1.82, 2.24) is 5.32 Å². The number of nitrogens with one attached hydrogen (secondary N) is 1. The minimum absolute atomic E-state index is 0.0652. The summed E-state index contributed by atoms with van der Waals surface area (Å²) >= 11 is 3.35. The fourth-order valence-corrected chi connectivity index (χ4v) is 3.42. The Morgan fingerprint density at radius 1 is 1.16 bits per heavy atom. The number of hydrogen-bond donors (Lipinski definition) is 3. The van der Waals surface area contributed by atoms with E-state index < -0.39 is 29.5 Å². The molecule has 0 heterocycles. The average molecular weight is 490 g/mol. The van der Waals surface area contributed by atoms with Gasteiger partial charge in [-0.25, -0.2) is 9.59 Å². The Morgan fingerprint density at radius 2 is 1.84 bits per heavy atom. The summed E-state index contributed by atoms with van der Waals surface area (Å²) in [7, 11) is 0. The van der Waals surface area contributed by atoms with Crippen molar-refractivity contribution in [2.45, 2.75) is 32.8 Å². The molecular weight excluding hydrogens is 466 g/mol. The monoisotopic (exact) mass is 489 g/mol. The van der Waals surface area contributed by atoms with Crippen LogP contribution in [0.1, 0.15) is 48.7 Å². The molecule has 0 saturated heterocycles. The van der Waals surface area contributed by atoms with E-state index in [1.54, 1.807) is 42.5 Å². The van der Waals surface area contributed by atoms with Crippen molar-refractivity contribution in [3.8, 4) is 5.75 Å². The zero-order valence-corrected chi connectivity index (χ0v) is 18.8. The van der Waals surface area contributed by atoms with E-state index in [1.807, 2.05) is 13.8 Å². The third-order valence-corrected chi connectivity index (χ3v) is 5.17. The van der Waals surface area contributed by atoms with E-state index in [9.17, 15) is 19.5 Å². The molecule has 2 aromatic rings. The number of aliphatic carboxylic acids is 1. The molecule has 0 bridgehead atoms. The number of carbonyl (C=O) groups is 3. The van der Waals surface area contributed by atoms with E-state index in [1.165, 1.54) is 12.1 Å². The number of aromatic hydroxyl groups is 1. The number of allylic oxidation sites excluding steroid dienone is 1. The smallest absolute Gasteiger partial charge is 0.414 e. The molecule has 0 fully saturated rings. The Balaban J connectivity index is 2.24. The van der Waals surface area contributed by atoms with Gasteiger partial charge in [0.2, 0.25) is 0 Å². The van der Waals surface area contributed by atoms with Gasteiger partial charge in [-0.1, -0.05) is 54.1 Å². The number of imide groups is 1. The van der Waals surface area contributed by atoms with Crippen LogP contribution in [0.3, 0.4) is 0 Å². The van der Waals surface area contributed by atoms with Gasteiger partial charge in [0.05, 0.1) is 0 Å². The number of hydrogen-bond acceptors (Lipinski definition) is 5. The molecule has 2 rings (SSSR count). The summed E-state index contributed by atoms with van der Waals surface area (Å²) in [5.74, 6) is -1.72. The number of carboxylic acid groups (broad SMARTS) is 1. The summed E-state index contributed by atoms with van der Waals surface area (Å²) < 4.78 is 6.29. The highest BCUT2D eigenvalue weighted by Crippen LogP contribution is 2.44. The number of rotatable bonds is 8. The predicted molar refractivity (Wildman–Crippen MR) is 119 cm³/mol. The zero-order chi connectivity index (χ0) is 23.0. The van der Waals surface area contributed by atoms with Crippen LogP contribution in [0.25, 0.3) is 0 Å². The fourth-order valence-electron chi connectivity index (χ4n) is 3.04. The maximum atomic E-state index is 12.5. The first kappa shape index (κ1) is 24.1. The Bertz CT molecular complexity index is 971. The third kappa shape index (κ3) is 7.25. The molecule has 1 atom stereocenters. The molecule has 0 radical (unpaired) electrons. The Hall–Kier alpha value is -3.13. The average Bonchev–Trinajstić information content (AvgIpc) is 2.72. The molecule has 0 aromatic heterocycles. The standard InChI is InChI=1S/C23H24BrNO6/c1-23(2,13-7-6-10-19(27)28)20(17-14-16(24)11-12-18(17)26)31-22(30)25-21(29)15-8-4-3-5-9-15/h3-6,8-12,14,20,26H,7,13H2,1-2H3,(H,27,28)(H,25,29,30)/b10-6+/t20-/m0/s1. The Labute approximate surface area is 188 Å². The number of amides is 2. The number of alkyl carbamates (subject to hydrolysis) is 1. The SMILES string of the molecule is CC(C)(CC/C=C/C(=O)O)[C@@H](OC(=O)NC(=O)c1ccccc1)c1cc(Br)ccc1O. The van der Waals surface area contributed by atoms with Gasteiger partial charge < -0.3 is 14.9 Å². The largest absolute Gasteiger partial charge is 0.508 e. The van der Waals surface area contributed by atoms with E-state index in [2.05, 4.69) is 21.2 Å². The second kappa shape index (κ2) is 10.8. The molecule has 0 aliphatic carbocycles. The summed E-state index contributed by atoms with van der Waals surface area (Å²) in [6.07, 6.45) is 1.57. The minimum atomic E-state index is -1.05. The number of phenolic OH excluding ortho intramolecular Hbond substituents is 1. The molecule has 0 aliphatic rings. The zero-order valence-electron chi connectivity index (χ0n) is 17.2. The van der Waals surface area contributed by atoms with Gasteiger partial charge in [-0.3, -0.25) is 10.1 Å². The quantitative estimate of drug-likeness (QED) is 0.438. The second-order valence-electron chi connectivity index (χ2n) is 7.58. The Morgan fingerprint density at radius 3 is 2.48 bits per heavy atom. The molecule has 8 heteroatoms. The van der Waals surface area contributed by atoms with Crippen LogP contribution in [0.15, 0.2) is 65.2 Å². The maximum Gasteiger partial charge on any atom is 0.414 e. The molecule has 2 amide bonds. The number of benzene rings is 2. The predicted octanol–water partition coefficient (Wildman–Crippen LogP) is 5.21. The van der Waals surface area contributed by atoms with Crippen LogP contribution in [0, 0.1) is 5.41 Å². The summed E-state index contributed by atoms with van der Waals surface area (Å²) in [6, 6.07) is 13.0. The fraction of sp³-hybridized carbons (Fsp3) is 0.261. The lowest BCUT2D eigenvalue weighted by Gasteiger charge is -2.34. The van der Waals surface area contributed by atoms with Gasteiger partial charge >= 0.3 is 12.1 Å². The number of carbonyl (C=O) groups excluding carboxylic acids is 2. The molecule has 2 aromatic carbocycles. The van der Waals surface area contributed by atoms with Crippen LogP contribution in [0.5, 0.6) is 5.75 Å². The Kier molecular flexibility index (Phi) is 8.38. The lowest BCUT2D eigenvalue weighted by Crippen LogP contribution is -2.35. The summed E-state index contributed by atoms with van der Waals surface area (Å²) in [4.78, 5) is 35.5. The summed E-state index contributed by atoms with van der Waals surface area (Å²) in [5.41, 5.74) is -0.0305. The van der Waals surface area contributed by atoms with Crippen molar-refractivity contribution in [3.63, 3.8) is 0 Å². The molecule has 7 nitrogen and oxygen atoms in total. The second-order valence-corrected chi connectivity index (χ2v) is 8.49. The summed E-state index contributed by atoms with van der Waals surface area (Å²) in [5, 5.41) is 21.4. The number of phenols is 1. The molecule has 164 valence electrons. The van der Waals surface area contributed by atoms with E-state index in [4.69, 9.17) is 9.84 Å². The van der Waals surface area contributed by atoms with E-state index in [0.29, 0.717) is 28.4 Å². The highest BCUT2D eigenvalue weighted by Gasteiger charge is 2.36. The van der Waals surface area contributed by atoms with Crippen LogP contribution in [-0.2, 0) is 9.53 Å². The molecule has 0 spiro atoms. The van der Waals surface area contributed by atoms with Gasteiger partial charge in [0.15, 0.2) is 0 Å². The van der Waals surface area contributed by atoms with Crippen molar-refractivity contribution >= 4 is 33.9 Å². The van der Waals surface area contributed by atoms with Crippen molar-refractivity contribution in [2.75, 3.05) is 0 Å². The van der Waals surface area contributed by atoms with Gasteiger partial charge in [-0.05, 0) is 43.2 Å². The van der Waals surface area contributed by atoms with E-state index in [-0.39, 0.29) is 5.75 Å². The van der Waals surface area contributed by atoms with E-state index >= 15 is 0 Å². The summed E-state index contributed by atoms with van der Waals surface area (Å²) in [6.45, 7) is 3.66. The highest BCUT2D eigenvalue weighted by molar-refractivity contribution is 9.10. The first-order valence-corrected chi connectivity index (χ1v) is 10.3. The van der Waals surface area contributed by atoms with Crippen molar-refractivity contribution in [3.05, 3.63) is 76.3 Å². The first-order chi connectivity index (χ1) is 14.6. The van der Waals surface area contributed by atoms with E-state index in [0.717, 1.165) is 6.08 Å². The van der Waals surface area contributed by atoms with Gasteiger partial charge in [-0.2, -0.15) is 0 Å². The molecular formula is C23H24BrNO6. The molecule has 0 aliphatic heterocycles. The van der Waals surface area contributed by atoms with Crippen LogP contribution < -0.4 is 5.32 Å². The molecule has 0 saturated carbocycles. The number of carboxylic acids is 1. The van der Waals surface area contributed by atoms with Gasteiger partial charge in [0.25, 0.3) is 5.91 Å². The maximum absolute atomic E-state index is 12.5. The highest BCUT2D eigenvalue weighted by atomic mass is 79.9. The third-order valence-electron chi connectivity index (χ3n) is 4.67. The molecule has 0 unspecified atom stereocenters. The number of halogens is 1. The van der Waals surface area contributed by atoms with Crippen molar-refractivity contribution in [2.24, 2.45) is 5.41 Å². The topological polar surface area (TPSA) is 113 Å². The van der Waals surface area contributed by atoms with Crippen LogP contribution in [0.2, 0.25) is 0 Å². The van der Waals surface area contributed by atoms with Gasteiger partial charge in [-0.15, -0.1) is 0 Å². The van der Waals surface area contributed by atoms with Crippen LogP contribution >= 0.6 is 15.9 Å².